The minimum Gasteiger partial charge on any atom is -0.480 e. The van der Waals surface area contributed by atoms with E-state index in [9.17, 15) is 13.6 Å². The standard InChI is InChI=1S/C11H9BrF2N4O2/c12-6-2-8(14)10(3-7(6)13)18-4-5(16-17-18)1-9(15)11(19)20/h2-4,9H,1,15H2,(H,19,20). The Balaban J connectivity index is 2.29. The molecule has 1 unspecified atom stereocenters. The van der Waals surface area contributed by atoms with Gasteiger partial charge in [-0.1, -0.05) is 5.21 Å². The Labute approximate surface area is 120 Å². The van der Waals surface area contributed by atoms with Gasteiger partial charge < -0.3 is 10.8 Å². The average molecular weight is 347 g/mol. The topological polar surface area (TPSA) is 94.0 Å². The maximum atomic E-state index is 13.7. The molecule has 20 heavy (non-hydrogen) atoms. The first-order valence-corrected chi connectivity index (χ1v) is 6.22. The van der Waals surface area contributed by atoms with Crippen LogP contribution in [0, 0.1) is 11.6 Å². The van der Waals surface area contributed by atoms with Gasteiger partial charge >= 0.3 is 5.97 Å². The molecule has 0 spiro atoms. The van der Waals surface area contributed by atoms with Crippen molar-refractivity contribution in [2.45, 2.75) is 12.5 Å². The van der Waals surface area contributed by atoms with E-state index in [0.29, 0.717) is 0 Å². The normalized spacial score (nSPS) is 12.4. The first-order chi connectivity index (χ1) is 9.38. The van der Waals surface area contributed by atoms with Crippen LogP contribution in [0.4, 0.5) is 8.78 Å². The zero-order chi connectivity index (χ0) is 14.9. The van der Waals surface area contributed by atoms with Crippen LogP contribution in [0.1, 0.15) is 5.69 Å². The third-order valence-electron chi connectivity index (χ3n) is 2.52. The van der Waals surface area contributed by atoms with Crippen molar-refractivity contribution in [1.82, 2.24) is 15.0 Å². The van der Waals surface area contributed by atoms with Gasteiger partial charge in [0, 0.05) is 12.5 Å². The molecule has 0 saturated carbocycles. The predicted octanol–water partition coefficient (Wildman–Crippen LogP) is 1.26. The van der Waals surface area contributed by atoms with Crippen LogP contribution in [-0.4, -0.2) is 32.1 Å². The van der Waals surface area contributed by atoms with E-state index < -0.39 is 23.6 Å². The quantitative estimate of drug-likeness (QED) is 0.813. The lowest BCUT2D eigenvalue weighted by molar-refractivity contribution is -0.138. The number of nitrogens with zero attached hydrogens (tertiary/aromatic N) is 3. The molecule has 106 valence electrons. The van der Waals surface area contributed by atoms with Gasteiger partial charge in [0.1, 0.15) is 23.4 Å². The number of hydrogen-bond donors (Lipinski definition) is 2. The van der Waals surface area contributed by atoms with Crippen LogP contribution in [-0.2, 0) is 11.2 Å². The SMILES string of the molecule is NC(Cc1cn(-c2cc(F)c(Br)cc2F)nn1)C(=O)O. The Morgan fingerprint density at radius 1 is 1.45 bits per heavy atom. The van der Waals surface area contributed by atoms with Crippen molar-refractivity contribution in [2.75, 3.05) is 0 Å². The summed E-state index contributed by atoms with van der Waals surface area (Å²) in [6.45, 7) is 0. The van der Waals surface area contributed by atoms with Crippen LogP contribution in [0.25, 0.3) is 5.69 Å². The second kappa shape index (κ2) is 5.63. The van der Waals surface area contributed by atoms with E-state index in [1.165, 1.54) is 6.20 Å². The van der Waals surface area contributed by atoms with Gasteiger partial charge in [-0.25, -0.2) is 13.5 Å². The van der Waals surface area contributed by atoms with E-state index in [4.69, 9.17) is 10.8 Å². The van der Waals surface area contributed by atoms with Crippen molar-refractivity contribution < 1.29 is 18.7 Å². The average Bonchev–Trinajstić information content (AvgIpc) is 2.82. The zero-order valence-electron chi connectivity index (χ0n) is 9.92. The summed E-state index contributed by atoms with van der Waals surface area (Å²) in [4.78, 5) is 10.6. The fraction of sp³-hybridized carbons (Fsp3) is 0.182. The summed E-state index contributed by atoms with van der Waals surface area (Å²) in [5.41, 5.74) is 5.49. The summed E-state index contributed by atoms with van der Waals surface area (Å²) in [6.07, 6.45) is 1.24. The third-order valence-corrected chi connectivity index (χ3v) is 3.13. The number of nitrogens with two attached hydrogens (primary N) is 1. The minimum atomic E-state index is -1.18. The number of carboxylic acids is 1. The van der Waals surface area contributed by atoms with Gasteiger partial charge in [-0.2, -0.15) is 0 Å². The van der Waals surface area contributed by atoms with Crippen LogP contribution < -0.4 is 5.73 Å². The molecular weight excluding hydrogens is 338 g/mol. The first-order valence-electron chi connectivity index (χ1n) is 5.43. The van der Waals surface area contributed by atoms with Crippen molar-refractivity contribution in [3.8, 4) is 5.69 Å². The molecular formula is C11H9BrF2N4O2. The molecule has 1 aromatic carbocycles. The Hall–Kier alpha value is -1.87. The smallest absolute Gasteiger partial charge is 0.320 e. The molecule has 0 fully saturated rings. The van der Waals surface area contributed by atoms with E-state index in [2.05, 4.69) is 26.2 Å². The van der Waals surface area contributed by atoms with Crippen LogP contribution in [0.15, 0.2) is 22.8 Å². The molecule has 0 radical (unpaired) electrons. The Morgan fingerprint density at radius 3 is 2.80 bits per heavy atom. The fourth-order valence-electron chi connectivity index (χ4n) is 1.51. The second-order valence-electron chi connectivity index (χ2n) is 4.02. The van der Waals surface area contributed by atoms with Crippen LogP contribution >= 0.6 is 15.9 Å². The largest absolute Gasteiger partial charge is 0.480 e. The molecule has 0 aliphatic rings. The van der Waals surface area contributed by atoms with Crippen molar-refractivity contribution in [1.29, 1.82) is 0 Å². The maximum absolute atomic E-state index is 13.7. The number of carbonyl (C=O) groups is 1. The molecule has 0 saturated heterocycles. The maximum Gasteiger partial charge on any atom is 0.320 e. The van der Waals surface area contributed by atoms with Crippen molar-refractivity contribution in [2.24, 2.45) is 5.73 Å². The second-order valence-corrected chi connectivity index (χ2v) is 4.88. The van der Waals surface area contributed by atoms with Crippen LogP contribution in [0.5, 0.6) is 0 Å². The number of aromatic nitrogens is 3. The summed E-state index contributed by atoms with van der Waals surface area (Å²) >= 11 is 2.86. The molecule has 9 heteroatoms. The molecule has 2 aromatic rings. The molecule has 6 nitrogen and oxygen atoms in total. The van der Waals surface area contributed by atoms with Gasteiger partial charge in [0.15, 0.2) is 0 Å². The Kier molecular flexibility index (Phi) is 4.09. The highest BCUT2D eigenvalue weighted by molar-refractivity contribution is 9.10. The minimum absolute atomic E-state index is 0.00742. The first kappa shape index (κ1) is 14.5. The molecule has 1 aromatic heterocycles. The number of halogens is 3. The molecule has 2 rings (SSSR count). The van der Waals surface area contributed by atoms with E-state index in [1.807, 2.05) is 0 Å². The third kappa shape index (κ3) is 2.99. The number of rotatable bonds is 4. The van der Waals surface area contributed by atoms with Gasteiger partial charge in [-0.15, -0.1) is 5.10 Å². The molecule has 1 heterocycles. The molecule has 0 bridgehead atoms. The van der Waals surface area contributed by atoms with Crippen LogP contribution in [0.3, 0.4) is 0 Å². The lowest BCUT2D eigenvalue weighted by Gasteiger charge is -2.04. The number of aliphatic carboxylic acids is 1. The van der Waals surface area contributed by atoms with Crippen molar-refractivity contribution >= 4 is 21.9 Å². The van der Waals surface area contributed by atoms with Crippen molar-refractivity contribution in [3.05, 3.63) is 40.1 Å². The summed E-state index contributed by atoms with van der Waals surface area (Å²) in [5, 5.41) is 16.0. The number of carboxylic acid groups (broad SMARTS) is 1. The van der Waals surface area contributed by atoms with Crippen LogP contribution in [0.2, 0.25) is 0 Å². The summed E-state index contributed by atoms with van der Waals surface area (Å²) in [7, 11) is 0. The molecule has 1 atom stereocenters. The van der Waals surface area contributed by atoms with E-state index in [0.717, 1.165) is 16.8 Å². The highest BCUT2D eigenvalue weighted by Gasteiger charge is 2.16. The lowest BCUT2D eigenvalue weighted by Crippen LogP contribution is -2.32. The number of hydrogen-bond acceptors (Lipinski definition) is 4. The molecule has 3 N–H and O–H groups in total. The Bertz CT molecular complexity index is 662. The summed E-state index contributed by atoms with van der Waals surface area (Å²) in [5.74, 6) is -2.53. The molecule has 0 amide bonds. The van der Waals surface area contributed by atoms with Gasteiger partial charge in [-0.3, -0.25) is 4.79 Å². The monoisotopic (exact) mass is 346 g/mol. The molecule has 0 aliphatic carbocycles. The van der Waals surface area contributed by atoms with E-state index >= 15 is 0 Å². The highest BCUT2D eigenvalue weighted by Crippen LogP contribution is 2.22. The zero-order valence-corrected chi connectivity index (χ0v) is 11.5. The van der Waals surface area contributed by atoms with Crippen molar-refractivity contribution in [3.63, 3.8) is 0 Å². The van der Waals surface area contributed by atoms with E-state index in [-0.39, 0.29) is 22.3 Å². The van der Waals surface area contributed by atoms with Gasteiger partial charge in [0.25, 0.3) is 0 Å². The molecule has 0 aliphatic heterocycles. The van der Waals surface area contributed by atoms with Gasteiger partial charge in [0.2, 0.25) is 0 Å². The summed E-state index contributed by atoms with van der Waals surface area (Å²) in [6, 6.07) is 0.788. The van der Waals surface area contributed by atoms with E-state index in [1.54, 1.807) is 0 Å². The van der Waals surface area contributed by atoms with Gasteiger partial charge in [-0.05, 0) is 22.0 Å². The van der Waals surface area contributed by atoms with Gasteiger partial charge in [0.05, 0.1) is 16.4 Å². The lowest BCUT2D eigenvalue weighted by atomic mass is 10.2. The predicted molar refractivity (Wildman–Crippen MR) is 68.3 cm³/mol. The highest BCUT2D eigenvalue weighted by atomic mass is 79.9. The Morgan fingerprint density at radius 2 is 2.15 bits per heavy atom. The summed E-state index contributed by atoms with van der Waals surface area (Å²) < 4.78 is 28.1. The number of benzene rings is 1. The fourth-order valence-corrected chi connectivity index (χ4v) is 1.83.